The molecule has 1 fully saturated rings. The van der Waals surface area contributed by atoms with Gasteiger partial charge in [-0.1, -0.05) is 0 Å². The molecule has 0 aromatic carbocycles. The van der Waals surface area contributed by atoms with Gasteiger partial charge in [-0.15, -0.1) is 0 Å². The Balaban J connectivity index is 1.98. The van der Waals surface area contributed by atoms with Crippen LogP contribution >= 0.6 is 15.9 Å². The minimum atomic E-state index is -1.03. The van der Waals surface area contributed by atoms with E-state index in [1.165, 1.54) is 4.90 Å². The minimum Gasteiger partial charge on any atom is -0.503 e. The zero-order valence-corrected chi connectivity index (χ0v) is 10.8. The Hall–Kier alpha value is -1.54. The fourth-order valence-electron chi connectivity index (χ4n) is 1.41. The van der Waals surface area contributed by atoms with Crippen molar-refractivity contribution < 1.29 is 28.6 Å². The van der Waals surface area contributed by atoms with Crippen molar-refractivity contribution in [1.82, 2.24) is 4.90 Å². The van der Waals surface area contributed by atoms with Crippen LogP contribution in [-0.2, 0) is 9.47 Å². The van der Waals surface area contributed by atoms with Crippen molar-refractivity contribution in [2.75, 3.05) is 26.3 Å². The molecule has 1 aromatic rings. The highest BCUT2D eigenvalue weighted by Gasteiger charge is 2.26. The van der Waals surface area contributed by atoms with Gasteiger partial charge in [0.25, 0.3) is 5.76 Å². The number of hydrogen-bond acceptors (Lipinski definition) is 6. The Labute approximate surface area is 110 Å². The zero-order valence-electron chi connectivity index (χ0n) is 9.22. The van der Waals surface area contributed by atoms with Gasteiger partial charge in [0, 0.05) is 13.1 Å². The van der Waals surface area contributed by atoms with E-state index >= 15 is 0 Å². The van der Waals surface area contributed by atoms with Gasteiger partial charge in [-0.05, 0) is 15.9 Å². The lowest BCUT2D eigenvalue weighted by Gasteiger charge is -2.25. The molecule has 1 saturated heterocycles. The van der Waals surface area contributed by atoms with Crippen LogP contribution in [0.25, 0.3) is 0 Å². The number of halogens is 1. The molecular formula is C10H10BrNO6. The number of carbonyl (C=O) groups excluding carboxylic acids is 2. The topological polar surface area (TPSA) is 89.2 Å². The van der Waals surface area contributed by atoms with Crippen LogP contribution in [0.4, 0.5) is 4.79 Å². The minimum absolute atomic E-state index is 0.216. The Morgan fingerprint density at radius 2 is 2.06 bits per heavy atom. The highest BCUT2D eigenvalue weighted by Crippen LogP contribution is 2.30. The van der Waals surface area contributed by atoms with Crippen molar-refractivity contribution in [1.29, 1.82) is 0 Å². The summed E-state index contributed by atoms with van der Waals surface area (Å²) in [5, 5.41) is 9.44. The molecule has 0 spiro atoms. The molecule has 18 heavy (non-hydrogen) atoms. The molecule has 1 N–H and O–H groups in total. The predicted octanol–water partition coefficient (Wildman–Crippen LogP) is 1.36. The molecule has 1 aliphatic rings. The Bertz CT molecular complexity index is 465. The van der Waals surface area contributed by atoms with Crippen LogP contribution in [0.3, 0.4) is 0 Å². The third kappa shape index (κ3) is 2.65. The summed E-state index contributed by atoms with van der Waals surface area (Å²) >= 11 is 2.96. The summed E-state index contributed by atoms with van der Waals surface area (Å²) in [7, 11) is 0. The van der Waals surface area contributed by atoms with E-state index in [-0.39, 0.29) is 4.47 Å². The van der Waals surface area contributed by atoms with Crippen molar-refractivity contribution >= 4 is 28.0 Å². The first-order valence-corrected chi connectivity index (χ1v) is 5.93. The number of furan rings is 1. The molecule has 0 atom stereocenters. The molecule has 1 aliphatic heterocycles. The van der Waals surface area contributed by atoms with E-state index in [0.29, 0.717) is 26.3 Å². The number of rotatable bonds is 1. The second-order valence-electron chi connectivity index (χ2n) is 3.52. The Morgan fingerprint density at radius 1 is 1.39 bits per heavy atom. The Kier molecular flexibility index (Phi) is 3.87. The van der Waals surface area contributed by atoms with Gasteiger partial charge in [0.1, 0.15) is 6.26 Å². The van der Waals surface area contributed by atoms with Crippen LogP contribution in [0, 0.1) is 0 Å². The number of aromatic hydroxyl groups is 1. The molecule has 7 nitrogen and oxygen atoms in total. The second kappa shape index (κ2) is 5.40. The normalized spacial score (nSPS) is 15.5. The van der Waals surface area contributed by atoms with Crippen LogP contribution in [0.1, 0.15) is 10.6 Å². The van der Waals surface area contributed by atoms with Crippen molar-refractivity contribution in [3.63, 3.8) is 0 Å². The molecule has 0 aliphatic carbocycles. The standard InChI is InChI=1S/C10H10BrNO6/c11-6-5-17-8(7(6)13)9(14)18-10(15)12-1-3-16-4-2-12/h5,13H,1-4H2. The number of amides is 1. The van der Waals surface area contributed by atoms with Gasteiger partial charge < -0.3 is 23.9 Å². The van der Waals surface area contributed by atoms with Gasteiger partial charge in [-0.25, -0.2) is 9.59 Å². The van der Waals surface area contributed by atoms with E-state index in [9.17, 15) is 14.7 Å². The average Bonchev–Trinajstić information content (AvgIpc) is 2.71. The van der Waals surface area contributed by atoms with Crippen LogP contribution in [0.2, 0.25) is 0 Å². The summed E-state index contributed by atoms with van der Waals surface area (Å²) in [6, 6.07) is 0. The van der Waals surface area contributed by atoms with Crippen molar-refractivity contribution in [3.05, 3.63) is 16.5 Å². The van der Waals surface area contributed by atoms with E-state index in [1.807, 2.05) is 0 Å². The lowest BCUT2D eigenvalue weighted by molar-refractivity contribution is 0.0234. The number of morpholine rings is 1. The third-order valence-corrected chi connectivity index (χ3v) is 2.92. The smallest absolute Gasteiger partial charge is 0.417 e. The summed E-state index contributed by atoms with van der Waals surface area (Å²) in [6.45, 7) is 1.53. The molecular weight excluding hydrogens is 310 g/mol. The highest BCUT2D eigenvalue weighted by atomic mass is 79.9. The maximum Gasteiger partial charge on any atom is 0.417 e. The molecule has 0 unspecified atom stereocenters. The number of ether oxygens (including phenoxy) is 2. The van der Waals surface area contributed by atoms with E-state index in [4.69, 9.17) is 9.15 Å². The monoisotopic (exact) mass is 319 g/mol. The summed E-state index contributed by atoms with van der Waals surface area (Å²) in [5.74, 6) is -1.84. The lowest BCUT2D eigenvalue weighted by Crippen LogP contribution is -2.41. The maximum absolute atomic E-state index is 11.6. The fraction of sp³-hybridized carbons (Fsp3) is 0.400. The molecule has 1 amide bonds. The van der Waals surface area contributed by atoms with E-state index < -0.39 is 23.6 Å². The van der Waals surface area contributed by atoms with Crippen molar-refractivity contribution in [2.45, 2.75) is 0 Å². The second-order valence-corrected chi connectivity index (χ2v) is 4.37. The quantitative estimate of drug-likeness (QED) is 0.621. The van der Waals surface area contributed by atoms with E-state index in [0.717, 1.165) is 6.26 Å². The summed E-state index contributed by atoms with van der Waals surface area (Å²) in [6.07, 6.45) is 0.348. The number of nitrogens with zero attached hydrogens (tertiary/aromatic N) is 1. The zero-order chi connectivity index (χ0) is 13.1. The first-order chi connectivity index (χ1) is 8.59. The fourth-order valence-corrected chi connectivity index (χ4v) is 1.69. The number of hydrogen-bond donors (Lipinski definition) is 1. The number of esters is 1. The van der Waals surface area contributed by atoms with Crippen LogP contribution < -0.4 is 0 Å². The molecule has 1 aromatic heterocycles. The first kappa shape index (κ1) is 12.9. The lowest BCUT2D eigenvalue weighted by atomic mass is 10.4. The van der Waals surface area contributed by atoms with Gasteiger partial charge in [-0.3, -0.25) is 0 Å². The number of carbonyl (C=O) groups is 2. The van der Waals surface area contributed by atoms with Crippen LogP contribution in [0.15, 0.2) is 15.2 Å². The van der Waals surface area contributed by atoms with Gasteiger partial charge in [0.05, 0.1) is 17.7 Å². The maximum atomic E-state index is 11.6. The van der Waals surface area contributed by atoms with Crippen molar-refractivity contribution in [3.8, 4) is 5.75 Å². The molecule has 98 valence electrons. The summed E-state index contributed by atoms with van der Waals surface area (Å²) in [5.41, 5.74) is 0. The molecule has 0 radical (unpaired) electrons. The molecule has 0 bridgehead atoms. The first-order valence-electron chi connectivity index (χ1n) is 5.14. The predicted molar refractivity (Wildman–Crippen MR) is 61.3 cm³/mol. The molecule has 8 heteroatoms. The third-order valence-electron chi connectivity index (χ3n) is 2.36. The largest absolute Gasteiger partial charge is 0.503 e. The average molecular weight is 320 g/mol. The molecule has 2 rings (SSSR count). The SMILES string of the molecule is O=C(OC(=O)N1CCOCC1)c1occ(Br)c1O. The van der Waals surface area contributed by atoms with Gasteiger partial charge in [0.2, 0.25) is 0 Å². The highest BCUT2D eigenvalue weighted by molar-refractivity contribution is 9.10. The molecule has 0 saturated carbocycles. The van der Waals surface area contributed by atoms with Gasteiger partial charge in [0.15, 0.2) is 5.75 Å². The Morgan fingerprint density at radius 3 is 2.61 bits per heavy atom. The van der Waals surface area contributed by atoms with Gasteiger partial charge >= 0.3 is 12.1 Å². The van der Waals surface area contributed by atoms with E-state index in [1.54, 1.807) is 0 Å². The molecule has 2 heterocycles. The van der Waals surface area contributed by atoms with Crippen LogP contribution in [0.5, 0.6) is 5.75 Å². The van der Waals surface area contributed by atoms with Crippen LogP contribution in [-0.4, -0.2) is 48.4 Å². The van der Waals surface area contributed by atoms with E-state index in [2.05, 4.69) is 20.7 Å². The summed E-state index contributed by atoms with van der Waals surface area (Å²) in [4.78, 5) is 24.5. The van der Waals surface area contributed by atoms with Gasteiger partial charge in [-0.2, -0.15) is 0 Å². The summed E-state index contributed by atoms with van der Waals surface area (Å²) < 4.78 is 14.6. The van der Waals surface area contributed by atoms with Crippen molar-refractivity contribution in [2.24, 2.45) is 0 Å².